The molecule has 0 spiro atoms. The molecule has 0 fully saturated rings. The van der Waals surface area contributed by atoms with Crippen LogP contribution in [0.25, 0.3) is 0 Å². The van der Waals surface area contributed by atoms with Gasteiger partial charge in [-0.3, -0.25) is 4.79 Å². The first-order chi connectivity index (χ1) is 11.9. The van der Waals surface area contributed by atoms with Crippen LogP contribution in [0.5, 0.6) is 0 Å². The van der Waals surface area contributed by atoms with Crippen LogP contribution in [0.1, 0.15) is 38.7 Å². The molecule has 1 heterocycles. The number of halogens is 1. The van der Waals surface area contributed by atoms with Gasteiger partial charge in [0.25, 0.3) is 0 Å². The van der Waals surface area contributed by atoms with E-state index in [0.29, 0.717) is 29.4 Å². The monoisotopic (exact) mass is 361 g/mol. The zero-order valence-corrected chi connectivity index (χ0v) is 15.7. The summed E-state index contributed by atoms with van der Waals surface area (Å²) in [5, 5.41) is 0.541. The van der Waals surface area contributed by atoms with E-state index in [1.807, 2.05) is 32.0 Å². The van der Waals surface area contributed by atoms with Gasteiger partial charge in [-0.2, -0.15) is 0 Å². The Balaban J connectivity index is 2.49. The summed E-state index contributed by atoms with van der Waals surface area (Å²) in [6.07, 6.45) is 1.83. The predicted molar refractivity (Wildman–Crippen MR) is 99.2 cm³/mol. The van der Waals surface area contributed by atoms with Crippen LogP contribution in [0.2, 0.25) is 5.02 Å². The lowest BCUT2D eigenvalue weighted by Gasteiger charge is -2.34. The molecule has 1 amide bonds. The minimum atomic E-state index is -0.401. The summed E-state index contributed by atoms with van der Waals surface area (Å²) < 4.78 is 5.46. The molecule has 0 bridgehead atoms. The van der Waals surface area contributed by atoms with Crippen molar-refractivity contribution in [2.45, 2.75) is 33.1 Å². The van der Waals surface area contributed by atoms with Gasteiger partial charge in [-0.05, 0) is 24.5 Å². The number of rotatable bonds is 6. The van der Waals surface area contributed by atoms with Crippen molar-refractivity contribution >= 4 is 23.5 Å². The van der Waals surface area contributed by atoms with E-state index in [0.717, 1.165) is 5.56 Å². The summed E-state index contributed by atoms with van der Waals surface area (Å²) in [4.78, 5) is 26.9. The molecular weight excluding hydrogens is 338 g/mol. The minimum absolute atomic E-state index is 0.0530. The van der Waals surface area contributed by atoms with Crippen LogP contribution in [0.4, 0.5) is 0 Å². The van der Waals surface area contributed by atoms with Crippen LogP contribution >= 0.6 is 11.6 Å². The van der Waals surface area contributed by atoms with Gasteiger partial charge in [0.15, 0.2) is 0 Å². The maximum Gasteiger partial charge on any atom is 0.336 e. The molecule has 2 rings (SSSR count). The zero-order chi connectivity index (χ0) is 18.6. The first kappa shape index (κ1) is 19.3. The normalized spacial score (nSPS) is 17.9. The van der Waals surface area contributed by atoms with Gasteiger partial charge in [-0.15, -0.1) is 6.58 Å². The van der Waals surface area contributed by atoms with Crippen molar-refractivity contribution in [1.82, 2.24) is 4.90 Å². The number of ether oxygens (including phenoxy) is 1. The van der Waals surface area contributed by atoms with Gasteiger partial charge in [0.05, 0.1) is 12.2 Å². The molecule has 0 saturated heterocycles. The summed E-state index contributed by atoms with van der Waals surface area (Å²) in [6.45, 7) is 10.1. The van der Waals surface area contributed by atoms with Crippen LogP contribution < -0.4 is 0 Å². The molecular formula is C20H24ClNO3. The first-order valence-corrected chi connectivity index (χ1v) is 8.78. The van der Waals surface area contributed by atoms with E-state index in [1.165, 1.54) is 0 Å². The Bertz CT molecular complexity index is 709. The Morgan fingerprint density at radius 1 is 1.44 bits per heavy atom. The molecule has 1 aromatic rings. The third-order valence-electron chi connectivity index (χ3n) is 4.18. The van der Waals surface area contributed by atoms with Crippen molar-refractivity contribution in [3.05, 3.63) is 58.8 Å². The van der Waals surface area contributed by atoms with E-state index in [2.05, 4.69) is 6.58 Å². The Morgan fingerprint density at radius 2 is 2.12 bits per heavy atom. The number of esters is 1. The second-order valence-corrected chi connectivity index (χ2v) is 6.97. The molecule has 4 nitrogen and oxygen atoms in total. The Labute approximate surface area is 154 Å². The smallest absolute Gasteiger partial charge is 0.336 e. The lowest BCUT2D eigenvalue weighted by molar-refractivity contribution is -0.141. The number of hydrogen-bond acceptors (Lipinski definition) is 3. The molecule has 1 atom stereocenters. The van der Waals surface area contributed by atoms with E-state index in [9.17, 15) is 9.59 Å². The molecule has 1 aromatic carbocycles. The van der Waals surface area contributed by atoms with Crippen molar-refractivity contribution in [3.8, 4) is 0 Å². The van der Waals surface area contributed by atoms with Gasteiger partial charge in [0.2, 0.25) is 5.91 Å². The summed E-state index contributed by atoms with van der Waals surface area (Å²) >= 11 is 6.33. The maximum atomic E-state index is 12.8. The number of nitrogens with zero attached hydrogens (tertiary/aromatic N) is 1. The fourth-order valence-electron chi connectivity index (χ4n) is 2.97. The third kappa shape index (κ3) is 4.31. The molecule has 5 heteroatoms. The minimum Gasteiger partial charge on any atom is -0.462 e. The lowest BCUT2D eigenvalue weighted by Crippen LogP contribution is -2.38. The van der Waals surface area contributed by atoms with Crippen LogP contribution in [0, 0.1) is 5.92 Å². The standard InChI is InChI=1S/C20H24ClNO3/c1-5-10-22-14(4)19(20(24)25-12-13(2)3)16(11-18(22)23)15-8-6-7-9-17(15)21/h5-9,13,16H,1,10-12H2,2-4H3/t16-/m1/s1. The van der Waals surface area contributed by atoms with E-state index < -0.39 is 11.9 Å². The van der Waals surface area contributed by atoms with Gasteiger partial charge in [-0.1, -0.05) is 49.7 Å². The highest BCUT2D eigenvalue weighted by Gasteiger charge is 2.37. The molecule has 0 aliphatic carbocycles. The Kier molecular flexibility index (Phi) is 6.43. The highest BCUT2D eigenvalue weighted by atomic mass is 35.5. The van der Waals surface area contributed by atoms with Gasteiger partial charge in [-0.25, -0.2) is 4.79 Å². The van der Waals surface area contributed by atoms with Gasteiger partial charge < -0.3 is 9.64 Å². The second kappa shape index (κ2) is 8.34. The van der Waals surface area contributed by atoms with Gasteiger partial charge in [0.1, 0.15) is 0 Å². The zero-order valence-electron chi connectivity index (χ0n) is 14.9. The predicted octanol–water partition coefficient (Wildman–Crippen LogP) is 4.32. The molecule has 1 aliphatic heterocycles. The second-order valence-electron chi connectivity index (χ2n) is 6.56. The van der Waals surface area contributed by atoms with Crippen LogP contribution in [0.15, 0.2) is 48.2 Å². The summed E-state index contributed by atoms with van der Waals surface area (Å²) in [7, 11) is 0. The largest absolute Gasteiger partial charge is 0.462 e. The van der Waals surface area contributed by atoms with Crippen molar-refractivity contribution < 1.29 is 14.3 Å². The summed E-state index contributed by atoms with van der Waals surface area (Å²) in [5.41, 5.74) is 1.87. The number of amides is 1. The SMILES string of the molecule is C=CCN1C(=O)C[C@H](c2ccccc2Cl)C(C(=O)OCC(C)C)=C1C. The molecule has 0 saturated carbocycles. The topological polar surface area (TPSA) is 46.6 Å². The number of hydrogen-bond donors (Lipinski definition) is 0. The summed E-state index contributed by atoms with van der Waals surface area (Å²) in [5.74, 6) is -0.611. The highest BCUT2D eigenvalue weighted by molar-refractivity contribution is 6.31. The van der Waals surface area contributed by atoms with E-state index in [4.69, 9.17) is 16.3 Å². The quantitative estimate of drug-likeness (QED) is 0.560. The van der Waals surface area contributed by atoms with Crippen LogP contribution in [-0.2, 0) is 14.3 Å². The Morgan fingerprint density at radius 3 is 2.72 bits per heavy atom. The van der Waals surface area contributed by atoms with Crippen LogP contribution in [0.3, 0.4) is 0 Å². The van der Waals surface area contributed by atoms with E-state index in [-0.39, 0.29) is 18.2 Å². The molecule has 1 aliphatic rings. The molecule has 0 aromatic heterocycles. The lowest BCUT2D eigenvalue weighted by atomic mass is 9.83. The van der Waals surface area contributed by atoms with E-state index in [1.54, 1.807) is 24.0 Å². The van der Waals surface area contributed by atoms with Crippen molar-refractivity contribution in [3.63, 3.8) is 0 Å². The van der Waals surface area contributed by atoms with Gasteiger partial charge in [0, 0.05) is 29.6 Å². The van der Waals surface area contributed by atoms with Gasteiger partial charge >= 0.3 is 5.97 Å². The number of allylic oxidation sites excluding steroid dienone is 1. The van der Waals surface area contributed by atoms with Crippen molar-refractivity contribution in [2.24, 2.45) is 5.92 Å². The molecule has 0 unspecified atom stereocenters. The number of carbonyl (C=O) groups excluding carboxylic acids is 2. The fourth-order valence-corrected chi connectivity index (χ4v) is 3.24. The van der Waals surface area contributed by atoms with Crippen LogP contribution in [-0.4, -0.2) is 29.9 Å². The van der Waals surface area contributed by atoms with Crippen molar-refractivity contribution in [1.29, 1.82) is 0 Å². The Hall–Kier alpha value is -2.07. The average molecular weight is 362 g/mol. The molecule has 25 heavy (non-hydrogen) atoms. The van der Waals surface area contributed by atoms with E-state index >= 15 is 0 Å². The average Bonchev–Trinajstić information content (AvgIpc) is 2.56. The first-order valence-electron chi connectivity index (χ1n) is 8.40. The molecule has 134 valence electrons. The molecule has 0 radical (unpaired) electrons. The highest BCUT2D eigenvalue weighted by Crippen LogP contribution is 2.39. The number of carbonyl (C=O) groups is 2. The molecule has 0 N–H and O–H groups in total. The third-order valence-corrected chi connectivity index (χ3v) is 4.53. The summed E-state index contributed by atoms with van der Waals surface area (Å²) in [6, 6.07) is 7.30. The maximum absolute atomic E-state index is 12.8. The number of benzene rings is 1. The van der Waals surface area contributed by atoms with Crippen molar-refractivity contribution in [2.75, 3.05) is 13.2 Å². The fraction of sp³-hybridized carbons (Fsp3) is 0.400.